The van der Waals surface area contributed by atoms with Gasteiger partial charge in [-0.15, -0.1) is 11.3 Å². The number of aliphatic hydroxyl groups excluding tert-OH is 1. The molecule has 0 bridgehead atoms. The summed E-state index contributed by atoms with van der Waals surface area (Å²) in [6.45, 7) is 2.36. The van der Waals surface area contributed by atoms with Crippen LogP contribution in [0.15, 0.2) is 17.5 Å². The van der Waals surface area contributed by atoms with Gasteiger partial charge in [0.1, 0.15) is 0 Å². The molecule has 0 aliphatic carbocycles. The molecule has 2 atom stereocenters. The topological polar surface area (TPSA) is 49.5 Å². The number of thiophene rings is 1. The Hall–Kier alpha value is -0.420. The lowest BCUT2D eigenvalue weighted by Gasteiger charge is -2.25. The minimum Gasteiger partial charge on any atom is -0.392 e. The SMILES string of the molecule is NCC(c1cccs1)N1CCC(O)C1. The first-order valence-corrected chi connectivity index (χ1v) is 5.85. The van der Waals surface area contributed by atoms with E-state index in [-0.39, 0.29) is 6.10 Å². The monoisotopic (exact) mass is 212 g/mol. The summed E-state index contributed by atoms with van der Waals surface area (Å²) in [5.74, 6) is 0. The Labute approximate surface area is 88.1 Å². The van der Waals surface area contributed by atoms with Crippen molar-refractivity contribution in [1.29, 1.82) is 0 Å². The molecule has 1 aliphatic heterocycles. The smallest absolute Gasteiger partial charge is 0.0679 e. The van der Waals surface area contributed by atoms with Crippen LogP contribution in [0.4, 0.5) is 0 Å². The van der Waals surface area contributed by atoms with Crippen LogP contribution < -0.4 is 5.73 Å². The lowest BCUT2D eigenvalue weighted by Crippen LogP contribution is -2.32. The summed E-state index contributed by atoms with van der Waals surface area (Å²) in [5, 5.41) is 11.5. The zero-order chi connectivity index (χ0) is 9.97. The molecule has 2 unspecified atom stereocenters. The second-order valence-corrected chi connectivity index (χ2v) is 4.68. The van der Waals surface area contributed by atoms with Crippen LogP contribution in [-0.2, 0) is 0 Å². The van der Waals surface area contributed by atoms with Gasteiger partial charge in [0.2, 0.25) is 0 Å². The standard InChI is InChI=1S/C10H16N2OS/c11-6-9(10-2-1-5-14-10)12-4-3-8(13)7-12/h1-2,5,8-9,13H,3-4,6-7,11H2. The summed E-state index contributed by atoms with van der Waals surface area (Å²) in [5.41, 5.74) is 5.77. The molecular weight excluding hydrogens is 196 g/mol. The molecule has 4 heteroatoms. The molecule has 0 spiro atoms. The zero-order valence-corrected chi connectivity index (χ0v) is 8.91. The van der Waals surface area contributed by atoms with Gasteiger partial charge in [-0.2, -0.15) is 0 Å². The van der Waals surface area contributed by atoms with Crippen molar-refractivity contribution >= 4 is 11.3 Å². The van der Waals surface area contributed by atoms with Crippen molar-refractivity contribution in [2.24, 2.45) is 5.73 Å². The third-order valence-corrected chi connectivity index (χ3v) is 3.70. The summed E-state index contributed by atoms with van der Waals surface area (Å²) in [6, 6.07) is 4.47. The van der Waals surface area contributed by atoms with E-state index >= 15 is 0 Å². The maximum atomic E-state index is 9.46. The molecule has 1 saturated heterocycles. The van der Waals surface area contributed by atoms with Gasteiger partial charge in [-0.1, -0.05) is 6.07 Å². The minimum atomic E-state index is -0.163. The Morgan fingerprint density at radius 1 is 1.71 bits per heavy atom. The molecule has 3 nitrogen and oxygen atoms in total. The van der Waals surface area contributed by atoms with Crippen LogP contribution in [0.5, 0.6) is 0 Å². The molecule has 1 aromatic rings. The predicted molar refractivity (Wildman–Crippen MR) is 58.3 cm³/mol. The van der Waals surface area contributed by atoms with Crippen LogP contribution in [-0.4, -0.2) is 35.7 Å². The minimum absolute atomic E-state index is 0.163. The third-order valence-electron chi connectivity index (χ3n) is 2.73. The van der Waals surface area contributed by atoms with Crippen molar-refractivity contribution in [3.63, 3.8) is 0 Å². The van der Waals surface area contributed by atoms with E-state index in [4.69, 9.17) is 5.73 Å². The van der Waals surface area contributed by atoms with Crippen LogP contribution in [0, 0.1) is 0 Å². The van der Waals surface area contributed by atoms with Crippen molar-refractivity contribution in [2.45, 2.75) is 18.6 Å². The van der Waals surface area contributed by atoms with Gasteiger partial charge >= 0.3 is 0 Å². The molecule has 78 valence electrons. The molecule has 3 N–H and O–H groups in total. The number of hydrogen-bond acceptors (Lipinski definition) is 4. The van der Waals surface area contributed by atoms with Crippen molar-refractivity contribution in [2.75, 3.05) is 19.6 Å². The number of nitrogens with zero attached hydrogens (tertiary/aromatic N) is 1. The molecule has 0 amide bonds. The number of aliphatic hydroxyl groups is 1. The average Bonchev–Trinajstić information content (AvgIpc) is 2.79. The lowest BCUT2D eigenvalue weighted by molar-refractivity contribution is 0.161. The van der Waals surface area contributed by atoms with Crippen LogP contribution >= 0.6 is 11.3 Å². The van der Waals surface area contributed by atoms with Gasteiger partial charge < -0.3 is 10.8 Å². The number of β-amino-alcohol motifs (C(OH)–C–C–N with tert-alkyl or cyclic N) is 1. The molecule has 0 saturated carbocycles. The van der Waals surface area contributed by atoms with E-state index in [2.05, 4.69) is 22.4 Å². The van der Waals surface area contributed by atoms with Crippen LogP contribution in [0.25, 0.3) is 0 Å². The van der Waals surface area contributed by atoms with Crippen LogP contribution in [0.2, 0.25) is 0 Å². The summed E-state index contributed by atoms with van der Waals surface area (Å²) in [4.78, 5) is 3.58. The van der Waals surface area contributed by atoms with Crippen LogP contribution in [0.3, 0.4) is 0 Å². The van der Waals surface area contributed by atoms with E-state index in [0.717, 1.165) is 19.5 Å². The van der Waals surface area contributed by atoms with Crippen molar-refractivity contribution in [1.82, 2.24) is 4.90 Å². The molecule has 1 aliphatic rings. The fourth-order valence-electron chi connectivity index (χ4n) is 1.98. The number of likely N-dealkylation sites (tertiary alicyclic amines) is 1. The van der Waals surface area contributed by atoms with E-state index in [0.29, 0.717) is 12.6 Å². The quantitative estimate of drug-likeness (QED) is 0.779. The van der Waals surface area contributed by atoms with E-state index in [1.165, 1.54) is 4.88 Å². The molecule has 0 aromatic carbocycles. The summed E-state index contributed by atoms with van der Waals surface area (Å²) >= 11 is 1.74. The summed E-state index contributed by atoms with van der Waals surface area (Å²) in [6.07, 6.45) is 0.714. The Balaban J connectivity index is 2.07. The van der Waals surface area contributed by atoms with Crippen LogP contribution in [0.1, 0.15) is 17.3 Å². The predicted octanol–water partition coefficient (Wildman–Crippen LogP) is 0.815. The van der Waals surface area contributed by atoms with E-state index in [9.17, 15) is 5.11 Å². The second kappa shape index (κ2) is 4.40. The normalized spacial score (nSPS) is 25.4. The first kappa shape index (κ1) is 10.1. The highest BCUT2D eigenvalue weighted by molar-refractivity contribution is 7.10. The highest BCUT2D eigenvalue weighted by Crippen LogP contribution is 2.27. The highest BCUT2D eigenvalue weighted by Gasteiger charge is 2.27. The second-order valence-electron chi connectivity index (χ2n) is 3.70. The van der Waals surface area contributed by atoms with Gasteiger partial charge in [-0.25, -0.2) is 0 Å². The van der Waals surface area contributed by atoms with Gasteiger partial charge in [0.05, 0.1) is 12.1 Å². The van der Waals surface area contributed by atoms with Gasteiger partial charge in [0.25, 0.3) is 0 Å². The molecule has 0 radical (unpaired) electrons. The fourth-order valence-corrected chi connectivity index (χ4v) is 2.85. The van der Waals surface area contributed by atoms with E-state index < -0.39 is 0 Å². The van der Waals surface area contributed by atoms with Gasteiger partial charge in [0.15, 0.2) is 0 Å². The third kappa shape index (κ3) is 1.98. The summed E-state index contributed by atoms with van der Waals surface area (Å²) in [7, 11) is 0. The molecule has 1 fully saturated rings. The molecule has 2 rings (SSSR count). The van der Waals surface area contributed by atoms with Crippen molar-refractivity contribution < 1.29 is 5.11 Å². The Bertz CT molecular complexity index is 276. The number of rotatable bonds is 3. The van der Waals surface area contributed by atoms with Crippen molar-refractivity contribution in [3.05, 3.63) is 22.4 Å². The average molecular weight is 212 g/mol. The lowest BCUT2D eigenvalue weighted by atomic mass is 10.2. The molecule has 2 heterocycles. The largest absolute Gasteiger partial charge is 0.392 e. The van der Waals surface area contributed by atoms with E-state index in [1.807, 2.05) is 0 Å². The van der Waals surface area contributed by atoms with E-state index in [1.54, 1.807) is 11.3 Å². The van der Waals surface area contributed by atoms with Gasteiger partial charge in [0, 0.05) is 24.5 Å². The maximum absolute atomic E-state index is 9.46. The molecule has 14 heavy (non-hydrogen) atoms. The maximum Gasteiger partial charge on any atom is 0.0679 e. The van der Waals surface area contributed by atoms with Crippen molar-refractivity contribution in [3.8, 4) is 0 Å². The molecule has 1 aromatic heterocycles. The molecular formula is C10H16N2OS. The Morgan fingerprint density at radius 2 is 2.57 bits per heavy atom. The first-order valence-electron chi connectivity index (χ1n) is 4.97. The summed E-state index contributed by atoms with van der Waals surface area (Å²) < 4.78 is 0. The Kier molecular flexibility index (Phi) is 3.18. The fraction of sp³-hybridized carbons (Fsp3) is 0.600. The first-order chi connectivity index (χ1) is 6.81. The van der Waals surface area contributed by atoms with Gasteiger partial charge in [-0.05, 0) is 17.9 Å². The number of hydrogen-bond donors (Lipinski definition) is 2. The van der Waals surface area contributed by atoms with Gasteiger partial charge in [-0.3, -0.25) is 4.90 Å². The number of nitrogens with two attached hydrogens (primary N) is 1. The zero-order valence-electron chi connectivity index (χ0n) is 8.10. The highest BCUT2D eigenvalue weighted by atomic mass is 32.1. The Morgan fingerprint density at radius 3 is 3.07 bits per heavy atom.